The number of anilines is 1. The minimum absolute atomic E-state index is 0.225. The van der Waals surface area contributed by atoms with Crippen LogP contribution in [0.4, 0.5) is 5.82 Å². The summed E-state index contributed by atoms with van der Waals surface area (Å²) in [6.07, 6.45) is 1.48. The van der Waals surface area contributed by atoms with Gasteiger partial charge in [0, 0.05) is 19.7 Å². The van der Waals surface area contributed by atoms with Gasteiger partial charge in [0.25, 0.3) is 0 Å². The van der Waals surface area contributed by atoms with Crippen LogP contribution in [0.2, 0.25) is 0 Å². The number of hydrogen-bond donors (Lipinski definition) is 1. The number of aromatic nitrogens is 2. The van der Waals surface area contributed by atoms with Gasteiger partial charge in [-0.1, -0.05) is 0 Å². The van der Waals surface area contributed by atoms with Crippen molar-refractivity contribution in [2.75, 3.05) is 25.6 Å². The predicted octanol–water partition coefficient (Wildman–Crippen LogP) is 1.71. The molecule has 0 amide bonds. The van der Waals surface area contributed by atoms with E-state index in [1.165, 1.54) is 6.33 Å². The summed E-state index contributed by atoms with van der Waals surface area (Å²) in [6, 6.07) is 1.77. The molecule has 1 N–H and O–H groups in total. The summed E-state index contributed by atoms with van der Waals surface area (Å²) < 4.78 is 10.6. The van der Waals surface area contributed by atoms with Gasteiger partial charge in [0.15, 0.2) is 0 Å². The van der Waals surface area contributed by atoms with Crippen LogP contribution in [0.25, 0.3) is 0 Å². The molecule has 0 unspecified atom stereocenters. The van der Waals surface area contributed by atoms with Gasteiger partial charge in [0.2, 0.25) is 5.88 Å². The monoisotopic (exact) mass is 225 g/mol. The Morgan fingerprint density at radius 2 is 2.12 bits per heavy atom. The van der Waals surface area contributed by atoms with Gasteiger partial charge in [-0.2, -0.15) is 0 Å². The number of rotatable bonds is 6. The van der Waals surface area contributed by atoms with Gasteiger partial charge < -0.3 is 14.8 Å². The molecule has 1 heterocycles. The fourth-order valence-corrected chi connectivity index (χ4v) is 1.04. The largest absolute Gasteiger partial charge is 0.478 e. The molecular formula is C11H19N3O2. The summed E-state index contributed by atoms with van der Waals surface area (Å²) in [5, 5.41) is 3.18. The van der Waals surface area contributed by atoms with E-state index in [0.717, 1.165) is 5.82 Å². The molecule has 0 aromatic carbocycles. The molecule has 1 rings (SSSR count). The molecule has 5 nitrogen and oxygen atoms in total. The van der Waals surface area contributed by atoms with E-state index in [9.17, 15) is 0 Å². The Morgan fingerprint density at radius 3 is 2.75 bits per heavy atom. The van der Waals surface area contributed by atoms with E-state index < -0.39 is 0 Å². The lowest BCUT2D eigenvalue weighted by molar-refractivity contribution is 0.0343. The van der Waals surface area contributed by atoms with E-state index in [2.05, 4.69) is 15.3 Å². The highest BCUT2D eigenvalue weighted by atomic mass is 16.5. The first-order chi connectivity index (χ1) is 7.57. The average molecular weight is 225 g/mol. The minimum Gasteiger partial charge on any atom is -0.478 e. The van der Waals surface area contributed by atoms with Gasteiger partial charge in [-0.15, -0.1) is 0 Å². The maximum absolute atomic E-state index is 5.30. The van der Waals surface area contributed by atoms with Crippen LogP contribution >= 0.6 is 0 Å². The van der Waals surface area contributed by atoms with Crippen molar-refractivity contribution in [3.05, 3.63) is 12.4 Å². The highest BCUT2D eigenvalue weighted by Gasteiger charge is 2.15. The molecule has 1 aromatic heterocycles. The van der Waals surface area contributed by atoms with Crippen LogP contribution < -0.4 is 10.1 Å². The van der Waals surface area contributed by atoms with Gasteiger partial charge in [0.05, 0.1) is 12.2 Å². The van der Waals surface area contributed by atoms with Gasteiger partial charge in [-0.05, 0) is 20.8 Å². The molecule has 16 heavy (non-hydrogen) atoms. The lowest BCUT2D eigenvalue weighted by Crippen LogP contribution is -2.32. The molecule has 0 aliphatic carbocycles. The summed E-state index contributed by atoms with van der Waals surface area (Å²) in [4.78, 5) is 8.09. The fourth-order valence-electron chi connectivity index (χ4n) is 1.04. The second-order valence-corrected chi connectivity index (χ2v) is 3.99. The first kappa shape index (κ1) is 12.7. The van der Waals surface area contributed by atoms with Crippen molar-refractivity contribution >= 4 is 5.82 Å². The topological polar surface area (TPSA) is 56.3 Å². The lowest BCUT2D eigenvalue weighted by atomic mass is 10.1. The summed E-state index contributed by atoms with van der Waals surface area (Å²) in [5.41, 5.74) is -0.225. The molecule has 0 aliphatic heterocycles. The zero-order valence-electron chi connectivity index (χ0n) is 10.3. The number of methoxy groups -OCH3 is 1. The molecule has 90 valence electrons. The van der Waals surface area contributed by atoms with Crippen molar-refractivity contribution < 1.29 is 9.47 Å². The Kier molecular flexibility index (Phi) is 4.49. The smallest absolute Gasteiger partial charge is 0.218 e. The summed E-state index contributed by atoms with van der Waals surface area (Å²) >= 11 is 0. The maximum atomic E-state index is 5.30. The van der Waals surface area contributed by atoms with Crippen molar-refractivity contribution in [1.82, 2.24) is 9.97 Å². The van der Waals surface area contributed by atoms with E-state index in [0.29, 0.717) is 19.0 Å². The predicted molar refractivity (Wildman–Crippen MR) is 62.8 cm³/mol. The molecule has 0 saturated carbocycles. The van der Waals surface area contributed by atoms with E-state index in [1.54, 1.807) is 13.2 Å². The quantitative estimate of drug-likeness (QED) is 0.798. The molecule has 0 bridgehead atoms. The summed E-state index contributed by atoms with van der Waals surface area (Å²) in [5.74, 6) is 1.32. The van der Waals surface area contributed by atoms with Crippen molar-refractivity contribution in [1.29, 1.82) is 0 Å². The van der Waals surface area contributed by atoms with E-state index in [-0.39, 0.29) is 5.60 Å². The second kappa shape index (κ2) is 5.65. The highest BCUT2D eigenvalue weighted by molar-refractivity contribution is 5.37. The molecule has 0 saturated heterocycles. The number of nitrogens with one attached hydrogen (secondary N) is 1. The molecule has 0 fully saturated rings. The Labute approximate surface area is 96.2 Å². The van der Waals surface area contributed by atoms with Crippen LogP contribution in [-0.2, 0) is 4.74 Å². The van der Waals surface area contributed by atoms with E-state index >= 15 is 0 Å². The van der Waals surface area contributed by atoms with E-state index in [1.807, 2.05) is 20.8 Å². The zero-order valence-corrected chi connectivity index (χ0v) is 10.3. The third-order valence-corrected chi connectivity index (χ3v) is 2.18. The Morgan fingerprint density at radius 1 is 1.38 bits per heavy atom. The number of hydrogen-bond acceptors (Lipinski definition) is 5. The molecule has 0 radical (unpaired) electrons. The van der Waals surface area contributed by atoms with Gasteiger partial charge in [-0.25, -0.2) is 9.97 Å². The lowest BCUT2D eigenvalue weighted by Gasteiger charge is -2.23. The van der Waals surface area contributed by atoms with Crippen molar-refractivity contribution in [3.8, 4) is 5.88 Å². The molecule has 0 aliphatic rings. The molecule has 1 aromatic rings. The highest BCUT2D eigenvalue weighted by Crippen LogP contribution is 2.13. The minimum atomic E-state index is -0.225. The van der Waals surface area contributed by atoms with Crippen LogP contribution in [-0.4, -0.2) is 35.8 Å². The molecule has 0 atom stereocenters. The zero-order chi connectivity index (χ0) is 12.0. The van der Waals surface area contributed by atoms with Crippen molar-refractivity contribution in [2.45, 2.75) is 26.4 Å². The van der Waals surface area contributed by atoms with Crippen LogP contribution in [0.15, 0.2) is 12.4 Å². The Hall–Kier alpha value is -1.36. The molecule has 5 heteroatoms. The third-order valence-electron chi connectivity index (χ3n) is 2.18. The Balaban J connectivity index is 2.57. The summed E-state index contributed by atoms with van der Waals surface area (Å²) in [7, 11) is 1.69. The van der Waals surface area contributed by atoms with Gasteiger partial charge >= 0.3 is 0 Å². The van der Waals surface area contributed by atoms with Crippen LogP contribution in [0.1, 0.15) is 20.8 Å². The first-order valence-electron chi connectivity index (χ1n) is 5.31. The number of nitrogens with zero attached hydrogens (tertiary/aromatic N) is 2. The van der Waals surface area contributed by atoms with Gasteiger partial charge in [0.1, 0.15) is 12.1 Å². The van der Waals surface area contributed by atoms with Crippen molar-refractivity contribution in [2.24, 2.45) is 0 Å². The summed E-state index contributed by atoms with van der Waals surface area (Å²) in [6.45, 7) is 7.20. The first-order valence-corrected chi connectivity index (χ1v) is 5.31. The van der Waals surface area contributed by atoms with Gasteiger partial charge in [-0.3, -0.25) is 0 Å². The van der Waals surface area contributed by atoms with Crippen LogP contribution in [0, 0.1) is 0 Å². The maximum Gasteiger partial charge on any atom is 0.218 e. The Bertz CT molecular complexity index is 329. The molecular weight excluding hydrogens is 206 g/mol. The third kappa shape index (κ3) is 4.02. The van der Waals surface area contributed by atoms with Crippen LogP contribution in [0.3, 0.4) is 0 Å². The average Bonchev–Trinajstić information content (AvgIpc) is 2.28. The number of ether oxygens (including phenoxy) is 2. The fraction of sp³-hybridized carbons (Fsp3) is 0.636. The standard InChI is InChI=1S/C11H19N3O2/c1-5-16-10-6-9(13-8-14-10)12-7-11(2,3)15-4/h6,8H,5,7H2,1-4H3,(H,12,13,14). The SMILES string of the molecule is CCOc1cc(NCC(C)(C)OC)ncn1. The van der Waals surface area contributed by atoms with Crippen LogP contribution in [0.5, 0.6) is 5.88 Å². The normalized spacial score (nSPS) is 11.2. The van der Waals surface area contributed by atoms with Crippen molar-refractivity contribution in [3.63, 3.8) is 0 Å². The second-order valence-electron chi connectivity index (χ2n) is 3.99. The van der Waals surface area contributed by atoms with E-state index in [4.69, 9.17) is 9.47 Å². The molecule has 0 spiro atoms.